The summed E-state index contributed by atoms with van der Waals surface area (Å²) >= 11 is 3.75. The van der Waals surface area contributed by atoms with E-state index in [1.165, 1.54) is 31.4 Å². The van der Waals surface area contributed by atoms with Crippen LogP contribution in [-0.4, -0.2) is 29.1 Å². The summed E-state index contributed by atoms with van der Waals surface area (Å²) in [5, 5.41) is 0. The highest BCUT2D eigenvalue weighted by molar-refractivity contribution is 9.10. The molecule has 1 aliphatic heterocycles. The van der Waals surface area contributed by atoms with E-state index < -0.39 is 5.92 Å². The molecule has 1 heterocycles. The Kier molecular flexibility index (Phi) is 8.79. The van der Waals surface area contributed by atoms with Gasteiger partial charge in [-0.3, -0.25) is 9.59 Å². The molecule has 2 aromatic carbocycles. The maximum absolute atomic E-state index is 14.3. The second-order valence-corrected chi connectivity index (χ2v) is 15.7. The van der Waals surface area contributed by atoms with E-state index in [1.807, 2.05) is 25.1 Å². The molecule has 1 saturated carbocycles. The molecule has 0 amide bonds. The Balaban J connectivity index is 1.51. The third kappa shape index (κ3) is 6.39. The highest BCUT2D eigenvalue weighted by Crippen LogP contribution is 2.56. The normalized spacial score (nSPS) is 22.0. The van der Waals surface area contributed by atoms with Crippen LogP contribution in [0.15, 0.2) is 63.4 Å². The molecule has 0 spiro atoms. The third-order valence-corrected chi connectivity index (χ3v) is 10.4. The minimum absolute atomic E-state index is 0.136. The lowest BCUT2D eigenvalue weighted by molar-refractivity contribution is -0.119. The highest BCUT2D eigenvalue weighted by Gasteiger charge is 2.50. The SMILES string of the molecule is CCOc1cc(C2C3=C(CC(C)(C)CC3=O)N(C3CCCCC3)C3=C2C(=O)CC(C)(C)C3)cc(Br)c1OCc1cccc(F)c1. The number of allylic oxidation sites excluding steroid dienone is 4. The Hall–Kier alpha value is -2.93. The number of rotatable bonds is 7. The molecule has 0 radical (unpaired) electrons. The van der Waals surface area contributed by atoms with Gasteiger partial charge in [0, 0.05) is 47.3 Å². The van der Waals surface area contributed by atoms with Gasteiger partial charge in [0.25, 0.3) is 0 Å². The standard InChI is InChI=1S/C38H45BrFNO4/c1-6-44-32-17-24(16-27(39)36(32)45-22-23-11-10-12-25(40)15-23)33-34-28(18-37(2,3)20-30(34)42)41(26-13-8-7-9-14-26)29-19-38(4,5)21-31(43)35(29)33/h10-12,15-17,26,33H,6-9,13-14,18-22H2,1-5H3. The van der Waals surface area contributed by atoms with Crippen LogP contribution in [0.2, 0.25) is 0 Å². The maximum atomic E-state index is 14.3. The summed E-state index contributed by atoms with van der Waals surface area (Å²) in [5.74, 6) is 0.539. The van der Waals surface area contributed by atoms with Crippen molar-refractivity contribution in [2.24, 2.45) is 10.8 Å². The Morgan fingerprint density at radius 1 is 0.867 bits per heavy atom. The van der Waals surface area contributed by atoms with Crippen LogP contribution in [0.5, 0.6) is 11.5 Å². The first kappa shape index (κ1) is 32.0. The summed E-state index contributed by atoms with van der Waals surface area (Å²) in [6, 6.07) is 10.6. The van der Waals surface area contributed by atoms with Crippen LogP contribution in [0.4, 0.5) is 4.39 Å². The molecule has 0 atom stereocenters. The fourth-order valence-corrected chi connectivity index (χ4v) is 8.62. The van der Waals surface area contributed by atoms with Crippen LogP contribution < -0.4 is 9.47 Å². The maximum Gasteiger partial charge on any atom is 0.175 e. The molecule has 0 bridgehead atoms. The van der Waals surface area contributed by atoms with Gasteiger partial charge in [-0.15, -0.1) is 0 Å². The summed E-state index contributed by atoms with van der Waals surface area (Å²) < 4.78 is 26.9. The lowest BCUT2D eigenvalue weighted by Gasteiger charge is -2.52. The van der Waals surface area contributed by atoms with Gasteiger partial charge in [-0.05, 0) is 94.8 Å². The van der Waals surface area contributed by atoms with Gasteiger partial charge >= 0.3 is 0 Å². The molecular formula is C38H45BrFNO4. The van der Waals surface area contributed by atoms with E-state index in [-0.39, 0.29) is 34.8 Å². The molecular weight excluding hydrogens is 633 g/mol. The van der Waals surface area contributed by atoms with Crippen LogP contribution in [0.25, 0.3) is 0 Å². The quantitative estimate of drug-likeness (QED) is 0.292. The summed E-state index contributed by atoms with van der Waals surface area (Å²) in [5.41, 5.74) is 5.06. The van der Waals surface area contributed by atoms with E-state index in [4.69, 9.17) is 9.47 Å². The van der Waals surface area contributed by atoms with Crippen molar-refractivity contribution in [1.29, 1.82) is 0 Å². The molecule has 0 N–H and O–H groups in total. The lowest BCUT2D eigenvalue weighted by atomic mass is 9.63. The Morgan fingerprint density at radius 2 is 1.49 bits per heavy atom. The minimum Gasteiger partial charge on any atom is -0.490 e. The topological polar surface area (TPSA) is 55.8 Å². The average Bonchev–Trinajstić information content (AvgIpc) is 2.95. The van der Waals surface area contributed by atoms with Crippen molar-refractivity contribution in [2.45, 2.75) is 111 Å². The predicted octanol–water partition coefficient (Wildman–Crippen LogP) is 9.58. The van der Waals surface area contributed by atoms with Crippen molar-refractivity contribution in [3.8, 4) is 11.5 Å². The van der Waals surface area contributed by atoms with E-state index in [2.05, 4.69) is 48.5 Å². The van der Waals surface area contributed by atoms with Crippen LogP contribution in [0, 0.1) is 16.6 Å². The van der Waals surface area contributed by atoms with Gasteiger partial charge in [-0.25, -0.2) is 4.39 Å². The Bertz CT molecular complexity index is 1530. The van der Waals surface area contributed by atoms with Crippen molar-refractivity contribution >= 4 is 27.5 Å². The molecule has 5 nitrogen and oxygen atoms in total. The molecule has 0 saturated heterocycles. The average molecular weight is 679 g/mol. The number of benzene rings is 2. The zero-order valence-corrected chi connectivity index (χ0v) is 28.8. The van der Waals surface area contributed by atoms with E-state index in [0.29, 0.717) is 47.0 Å². The minimum atomic E-state index is -0.463. The predicted molar refractivity (Wildman–Crippen MR) is 178 cm³/mol. The number of hydrogen-bond donors (Lipinski definition) is 0. The van der Waals surface area contributed by atoms with E-state index >= 15 is 0 Å². The smallest absolute Gasteiger partial charge is 0.175 e. The number of carbonyl (C=O) groups excluding carboxylic acids is 2. The number of halogens is 2. The van der Waals surface area contributed by atoms with Gasteiger partial charge in [0.1, 0.15) is 12.4 Å². The van der Waals surface area contributed by atoms with Gasteiger partial charge < -0.3 is 14.4 Å². The summed E-state index contributed by atoms with van der Waals surface area (Å²) in [6.45, 7) is 11.3. The molecule has 0 unspecified atom stereocenters. The fourth-order valence-electron chi connectivity index (χ4n) is 8.05. The molecule has 7 heteroatoms. The third-order valence-electron chi connectivity index (χ3n) is 9.83. The zero-order valence-electron chi connectivity index (χ0n) is 27.2. The molecule has 1 fully saturated rings. The van der Waals surface area contributed by atoms with Crippen molar-refractivity contribution in [2.75, 3.05) is 6.61 Å². The number of nitrogens with zero attached hydrogens (tertiary/aromatic N) is 1. The van der Waals surface area contributed by atoms with E-state index in [1.54, 1.807) is 6.07 Å². The van der Waals surface area contributed by atoms with Crippen LogP contribution in [0.3, 0.4) is 0 Å². The molecule has 240 valence electrons. The molecule has 2 aromatic rings. The number of hydrogen-bond acceptors (Lipinski definition) is 5. The Labute approximate surface area is 275 Å². The molecule has 0 aromatic heterocycles. The lowest BCUT2D eigenvalue weighted by Crippen LogP contribution is -2.48. The van der Waals surface area contributed by atoms with Gasteiger partial charge in [-0.1, -0.05) is 59.1 Å². The van der Waals surface area contributed by atoms with Gasteiger partial charge in [0.05, 0.1) is 11.1 Å². The second kappa shape index (κ2) is 12.4. The van der Waals surface area contributed by atoms with E-state index in [0.717, 1.165) is 53.8 Å². The van der Waals surface area contributed by atoms with Crippen LogP contribution in [0.1, 0.15) is 109 Å². The summed E-state index contributed by atoms with van der Waals surface area (Å²) in [6.07, 6.45) is 8.27. The van der Waals surface area contributed by atoms with Gasteiger partial charge in [0.2, 0.25) is 0 Å². The first-order valence-electron chi connectivity index (χ1n) is 16.5. The largest absolute Gasteiger partial charge is 0.490 e. The number of carbonyl (C=O) groups is 2. The van der Waals surface area contributed by atoms with Crippen molar-refractivity contribution in [1.82, 2.24) is 4.90 Å². The van der Waals surface area contributed by atoms with Crippen molar-refractivity contribution < 1.29 is 23.5 Å². The number of ketones is 2. The summed E-state index contributed by atoms with van der Waals surface area (Å²) in [7, 11) is 0. The Morgan fingerprint density at radius 3 is 2.07 bits per heavy atom. The molecule has 45 heavy (non-hydrogen) atoms. The number of ether oxygens (including phenoxy) is 2. The first-order valence-corrected chi connectivity index (χ1v) is 17.3. The first-order chi connectivity index (χ1) is 21.4. The molecule has 6 rings (SSSR count). The van der Waals surface area contributed by atoms with Gasteiger partial charge in [-0.2, -0.15) is 0 Å². The highest BCUT2D eigenvalue weighted by atomic mass is 79.9. The van der Waals surface area contributed by atoms with Gasteiger partial charge in [0.15, 0.2) is 23.1 Å². The van der Waals surface area contributed by atoms with Crippen LogP contribution in [-0.2, 0) is 16.2 Å². The van der Waals surface area contributed by atoms with Crippen molar-refractivity contribution in [3.05, 3.63) is 80.4 Å². The van der Waals surface area contributed by atoms with Crippen molar-refractivity contribution in [3.63, 3.8) is 0 Å². The monoisotopic (exact) mass is 677 g/mol. The fraction of sp³-hybridized carbons (Fsp3) is 0.526. The summed E-state index contributed by atoms with van der Waals surface area (Å²) in [4.78, 5) is 31.1. The second-order valence-electron chi connectivity index (χ2n) is 14.9. The van der Waals surface area contributed by atoms with Crippen LogP contribution >= 0.6 is 15.9 Å². The molecule has 3 aliphatic carbocycles. The van der Waals surface area contributed by atoms with E-state index in [9.17, 15) is 14.0 Å². The zero-order chi connectivity index (χ0) is 32.1. The molecule has 4 aliphatic rings. The number of Topliss-reactive ketones (excluding diaryl/α,β-unsaturated/α-hetero) is 2.